The van der Waals surface area contributed by atoms with Crippen LogP contribution in [0.4, 0.5) is 0 Å². The molecule has 4 heteroatoms. The van der Waals surface area contributed by atoms with E-state index in [-0.39, 0.29) is 5.91 Å². The van der Waals surface area contributed by atoms with Gasteiger partial charge in [-0.3, -0.25) is 4.79 Å². The van der Waals surface area contributed by atoms with Gasteiger partial charge < -0.3 is 10.1 Å². The molecule has 0 heterocycles. The number of amides is 1. The van der Waals surface area contributed by atoms with Gasteiger partial charge in [0.25, 0.3) is 0 Å². The number of carbonyl (C=O) groups excluding carboxylic acids is 1. The lowest BCUT2D eigenvalue weighted by Gasteiger charge is -2.10. The van der Waals surface area contributed by atoms with Gasteiger partial charge in [0.05, 0.1) is 7.11 Å². The zero-order chi connectivity index (χ0) is 11.5. The molecule has 86 valence electrons. The summed E-state index contributed by atoms with van der Waals surface area (Å²) < 4.78 is 5.04. The number of hydrogen-bond acceptors (Lipinski definition) is 2. The maximum atomic E-state index is 11.7. The number of nitrogens with one attached hydrogen (secondary N) is 1. The maximum Gasteiger partial charge on any atom is 0.242 e. The van der Waals surface area contributed by atoms with Gasteiger partial charge in [0, 0.05) is 6.04 Å². The van der Waals surface area contributed by atoms with Crippen LogP contribution in [0.25, 0.3) is 0 Å². The van der Waals surface area contributed by atoms with Crippen LogP contribution in [0, 0.1) is 0 Å². The Labute approximate surface area is 99.7 Å². The molecule has 0 bridgehead atoms. The molecular formula is C12H14ClNO2. The topological polar surface area (TPSA) is 38.3 Å². The molecule has 3 nitrogen and oxygen atoms in total. The third kappa shape index (κ3) is 2.67. The fourth-order valence-electron chi connectivity index (χ4n) is 1.43. The molecule has 2 rings (SSSR count). The Kier molecular flexibility index (Phi) is 3.34. The maximum absolute atomic E-state index is 11.7. The quantitative estimate of drug-likeness (QED) is 0.819. The van der Waals surface area contributed by atoms with E-state index in [2.05, 4.69) is 5.32 Å². The minimum atomic E-state index is -0.619. The van der Waals surface area contributed by atoms with Gasteiger partial charge in [0.1, 0.15) is 11.1 Å². The summed E-state index contributed by atoms with van der Waals surface area (Å²) in [5.41, 5.74) is 0.792. The van der Waals surface area contributed by atoms with E-state index in [1.54, 1.807) is 19.2 Å². The summed E-state index contributed by atoms with van der Waals surface area (Å²) in [4.78, 5) is 11.7. The lowest BCUT2D eigenvalue weighted by molar-refractivity contribution is -0.121. The second-order valence-corrected chi connectivity index (χ2v) is 4.36. The summed E-state index contributed by atoms with van der Waals surface area (Å²) in [6.07, 6.45) is 2.13. The van der Waals surface area contributed by atoms with Crippen molar-refractivity contribution in [3.05, 3.63) is 29.8 Å². The Balaban J connectivity index is 2.00. The van der Waals surface area contributed by atoms with Gasteiger partial charge in [-0.25, -0.2) is 0 Å². The van der Waals surface area contributed by atoms with E-state index >= 15 is 0 Å². The van der Waals surface area contributed by atoms with Crippen molar-refractivity contribution in [3.8, 4) is 5.75 Å². The molecule has 1 aliphatic carbocycles. The molecule has 0 aliphatic heterocycles. The highest BCUT2D eigenvalue weighted by Gasteiger charge is 2.27. The van der Waals surface area contributed by atoms with Crippen LogP contribution in [0.2, 0.25) is 0 Å². The molecule has 1 aromatic carbocycles. The van der Waals surface area contributed by atoms with Crippen molar-refractivity contribution in [3.63, 3.8) is 0 Å². The molecule has 1 N–H and O–H groups in total. The molecule has 1 amide bonds. The van der Waals surface area contributed by atoms with Gasteiger partial charge in [-0.05, 0) is 30.5 Å². The standard InChI is InChI=1S/C12H14ClNO2/c1-16-10-6-2-8(3-7-10)11(13)12(15)14-9-4-5-9/h2-3,6-7,9,11H,4-5H2,1H3,(H,14,15). The van der Waals surface area contributed by atoms with E-state index in [0.29, 0.717) is 6.04 Å². The van der Waals surface area contributed by atoms with E-state index in [1.165, 1.54) is 0 Å². The normalized spacial score (nSPS) is 16.6. The number of ether oxygens (including phenoxy) is 1. The number of carbonyl (C=O) groups is 1. The summed E-state index contributed by atoms with van der Waals surface area (Å²) in [5, 5.41) is 2.26. The molecule has 1 saturated carbocycles. The zero-order valence-electron chi connectivity index (χ0n) is 9.07. The highest BCUT2D eigenvalue weighted by atomic mass is 35.5. The molecule has 1 atom stereocenters. The van der Waals surface area contributed by atoms with Crippen LogP contribution < -0.4 is 10.1 Å². The van der Waals surface area contributed by atoms with Crippen molar-refractivity contribution in [2.45, 2.75) is 24.3 Å². The van der Waals surface area contributed by atoms with Crippen LogP contribution in [0.5, 0.6) is 5.75 Å². The van der Waals surface area contributed by atoms with Crippen molar-refractivity contribution in [1.29, 1.82) is 0 Å². The highest BCUT2D eigenvalue weighted by Crippen LogP contribution is 2.25. The number of benzene rings is 1. The number of rotatable bonds is 4. The summed E-state index contributed by atoms with van der Waals surface area (Å²) >= 11 is 6.07. The molecule has 0 radical (unpaired) electrons. The summed E-state index contributed by atoms with van der Waals surface area (Å²) in [7, 11) is 1.60. The lowest BCUT2D eigenvalue weighted by atomic mass is 10.1. The molecule has 1 unspecified atom stereocenters. The van der Waals surface area contributed by atoms with E-state index < -0.39 is 5.38 Å². The molecule has 16 heavy (non-hydrogen) atoms. The van der Waals surface area contributed by atoms with Crippen molar-refractivity contribution < 1.29 is 9.53 Å². The number of methoxy groups -OCH3 is 1. The Morgan fingerprint density at radius 2 is 2.06 bits per heavy atom. The summed E-state index contributed by atoms with van der Waals surface area (Å²) in [6.45, 7) is 0. The van der Waals surface area contributed by atoms with Crippen molar-refractivity contribution in [1.82, 2.24) is 5.32 Å². The number of alkyl halides is 1. The molecule has 0 spiro atoms. The van der Waals surface area contributed by atoms with Crippen LogP contribution in [-0.4, -0.2) is 19.1 Å². The number of halogens is 1. The van der Waals surface area contributed by atoms with Gasteiger partial charge in [-0.1, -0.05) is 12.1 Å². The van der Waals surface area contributed by atoms with Gasteiger partial charge >= 0.3 is 0 Å². The van der Waals surface area contributed by atoms with Crippen molar-refractivity contribution in [2.24, 2.45) is 0 Å². The van der Waals surface area contributed by atoms with Gasteiger partial charge in [0.15, 0.2) is 0 Å². The second-order valence-electron chi connectivity index (χ2n) is 3.92. The zero-order valence-corrected chi connectivity index (χ0v) is 9.83. The lowest BCUT2D eigenvalue weighted by Crippen LogP contribution is -2.28. The third-order valence-electron chi connectivity index (χ3n) is 2.56. The highest BCUT2D eigenvalue weighted by molar-refractivity contribution is 6.30. The molecule has 0 saturated heterocycles. The Morgan fingerprint density at radius 1 is 1.44 bits per heavy atom. The fourth-order valence-corrected chi connectivity index (χ4v) is 1.63. The van der Waals surface area contributed by atoms with Crippen LogP contribution >= 0.6 is 11.6 Å². The Bertz CT molecular complexity index is 373. The van der Waals surface area contributed by atoms with Gasteiger partial charge in [-0.2, -0.15) is 0 Å². The monoisotopic (exact) mass is 239 g/mol. The van der Waals surface area contributed by atoms with Crippen LogP contribution in [0.1, 0.15) is 23.8 Å². The summed E-state index contributed by atoms with van der Waals surface area (Å²) in [5.74, 6) is 0.643. The molecule has 1 aromatic rings. The minimum Gasteiger partial charge on any atom is -0.497 e. The van der Waals surface area contributed by atoms with Crippen LogP contribution in [0.15, 0.2) is 24.3 Å². The van der Waals surface area contributed by atoms with Crippen LogP contribution in [0.3, 0.4) is 0 Å². The first-order chi connectivity index (χ1) is 7.70. The summed E-state index contributed by atoms with van der Waals surface area (Å²) in [6, 6.07) is 7.56. The molecule has 1 aliphatic rings. The Hall–Kier alpha value is -1.22. The first-order valence-electron chi connectivity index (χ1n) is 5.29. The Morgan fingerprint density at radius 3 is 2.56 bits per heavy atom. The largest absolute Gasteiger partial charge is 0.497 e. The van der Waals surface area contributed by atoms with E-state index in [0.717, 1.165) is 24.2 Å². The first kappa shape index (κ1) is 11.3. The van der Waals surface area contributed by atoms with Gasteiger partial charge in [0.2, 0.25) is 5.91 Å². The molecule has 0 aromatic heterocycles. The van der Waals surface area contributed by atoms with Crippen molar-refractivity contribution >= 4 is 17.5 Å². The minimum absolute atomic E-state index is 0.116. The van der Waals surface area contributed by atoms with Crippen LogP contribution in [-0.2, 0) is 4.79 Å². The predicted molar refractivity (Wildman–Crippen MR) is 62.8 cm³/mol. The molecule has 1 fully saturated rings. The van der Waals surface area contributed by atoms with Crippen molar-refractivity contribution in [2.75, 3.05) is 7.11 Å². The van der Waals surface area contributed by atoms with Gasteiger partial charge in [-0.15, -0.1) is 11.6 Å². The smallest absolute Gasteiger partial charge is 0.242 e. The molecular weight excluding hydrogens is 226 g/mol. The average Bonchev–Trinajstić information content (AvgIpc) is 3.12. The van der Waals surface area contributed by atoms with E-state index in [9.17, 15) is 4.79 Å². The third-order valence-corrected chi connectivity index (χ3v) is 3.01. The predicted octanol–water partition coefficient (Wildman–Crippen LogP) is 2.25. The number of hydrogen-bond donors (Lipinski definition) is 1. The SMILES string of the molecule is COc1ccc(C(Cl)C(=O)NC2CC2)cc1. The second kappa shape index (κ2) is 4.74. The first-order valence-corrected chi connectivity index (χ1v) is 5.73. The fraction of sp³-hybridized carbons (Fsp3) is 0.417. The average molecular weight is 240 g/mol. The van der Waals surface area contributed by atoms with E-state index in [1.807, 2.05) is 12.1 Å². The van der Waals surface area contributed by atoms with E-state index in [4.69, 9.17) is 16.3 Å².